The molecule has 0 radical (unpaired) electrons. The third kappa shape index (κ3) is 6.69. The lowest BCUT2D eigenvalue weighted by atomic mass is 9.94. The van der Waals surface area contributed by atoms with Crippen molar-refractivity contribution in [2.75, 3.05) is 39.3 Å². The van der Waals surface area contributed by atoms with Crippen LogP contribution >= 0.6 is 23.2 Å². The lowest BCUT2D eigenvalue weighted by Gasteiger charge is -2.43. The molecule has 3 rings (SSSR count). The molecule has 0 aromatic heterocycles. The van der Waals surface area contributed by atoms with Crippen LogP contribution in [0.4, 0.5) is 9.59 Å². The zero-order valence-electron chi connectivity index (χ0n) is 22.4. The lowest BCUT2D eigenvalue weighted by molar-refractivity contribution is -0.139. The summed E-state index contributed by atoms with van der Waals surface area (Å²) in [4.78, 5) is 44.8. The molecule has 9 nitrogen and oxygen atoms in total. The van der Waals surface area contributed by atoms with Gasteiger partial charge in [-0.1, -0.05) is 35.3 Å². The van der Waals surface area contributed by atoms with Crippen LogP contribution in [-0.2, 0) is 9.53 Å². The molecule has 0 unspecified atom stereocenters. The van der Waals surface area contributed by atoms with Gasteiger partial charge in [0.1, 0.15) is 0 Å². The van der Waals surface area contributed by atoms with Gasteiger partial charge in [0.2, 0.25) is 0 Å². The smallest absolute Gasteiger partial charge is 0.338 e. The van der Waals surface area contributed by atoms with Gasteiger partial charge < -0.3 is 20.3 Å². The van der Waals surface area contributed by atoms with Crippen LogP contribution in [0.2, 0.25) is 10.0 Å². The molecule has 2 aliphatic rings. The number of benzene rings is 1. The van der Waals surface area contributed by atoms with Crippen molar-refractivity contribution >= 4 is 41.2 Å². The summed E-state index contributed by atoms with van der Waals surface area (Å²) in [7, 11) is 0. The van der Waals surface area contributed by atoms with Crippen molar-refractivity contribution in [3.8, 4) is 0 Å². The number of piperazine rings is 1. The number of hydrogen-bond donors (Lipinski definition) is 2. The molecule has 0 bridgehead atoms. The van der Waals surface area contributed by atoms with Crippen LogP contribution < -0.4 is 10.6 Å². The van der Waals surface area contributed by atoms with Gasteiger partial charge in [-0.15, -0.1) is 0 Å². The third-order valence-corrected chi connectivity index (χ3v) is 7.20. The fraction of sp³-hybridized carbons (Fsp3) is 0.577. The Morgan fingerprint density at radius 1 is 1.19 bits per heavy atom. The first-order chi connectivity index (χ1) is 17.4. The molecule has 0 aliphatic carbocycles. The Kier molecular flexibility index (Phi) is 9.37. The number of esters is 1. The van der Waals surface area contributed by atoms with E-state index in [0.717, 1.165) is 0 Å². The molecule has 37 heavy (non-hydrogen) atoms. The first kappa shape index (κ1) is 29.1. The molecule has 0 spiro atoms. The van der Waals surface area contributed by atoms with Gasteiger partial charge >= 0.3 is 18.0 Å². The zero-order valence-corrected chi connectivity index (χ0v) is 23.9. The number of hydrogen-bond acceptors (Lipinski definition) is 5. The van der Waals surface area contributed by atoms with E-state index in [-0.39, 0.29) is 35.3 Å². The van der Waals surface area contributed by atoms with Crippen molar-refractivity contribution in [1.29, 1.82) is 0 Å². The number of amides is 4. The van der Waals surface area contributed by atoms with Crippen molar-refractivity contribution in [3.05, 3.63) is 45.1 Å². The predicted molar refractivity (Wildman–Crippen MR) is 145 cm³/mol. The third-order valence-electron chi connectivity index (χ3n) is 6.37. The van der Waals surface area contributed by atoms with E-state index in [1.54, 1.807) is 30.0 Å². The van der Waals surface area contributed by atoms with Crippen LogP contribution in [0, 0.1) is 0 Å². The molecule has 2 aliphatic heterocycles. The molecule has 0 saturated carbocycles. The molecule has 1 fully saturated rings. The first-order valence-electron chi connectivity index (χ1n) is 12.6. The summed E-state index contributed by atoms with van der Waals surface area (Å²) >= 11 is 12.8. The molecule has 4 amide bonds. The highest BCUT2D eigenvalue weighted by Gasteiger charge is 2.40. The van der Waals surface area contributed by atoms with Crippen LogP contribution in [0.25, 0.3) is 0 Å². The van der Waals surface area contributed by atoms with Crippen molar-refractivity contribution in [2.24, 2.45) is 0 Å². The van der Waals surface area contributed by atoms with E-state index in [0.29, 0.717) is 54.6 Å². The van der Waals surface area contributed by atoms with E-state index in [2.05, 4.69) is 15.5 Å². The van der Waals surface area contributed by atoms with Crippen molar-refractivity contribution in [2.45, 2.75) is 59.2 Å². The van der Waals surface area contributed by atoms with E-state index in [1.807, 2.05) is 39.5 Å². The molecule has 2 N–H and O–H groups in total. The van der Waals surface area contributed by atoms with Crippen LogP contribution in [0.5, 0.6) is 0 Å². The van der Waals surface area contributed by atoms with Gasteiger partial charge in [-0.2, -0.15) is 0 Å². The van der Waals surface area contributed by atoms with Gasteiger partial charge in [-0.3, -0.25) is 9.80 Å². The molecule has 2 heterocycles. The predicted octanol–water partition coefficient (Wildman–Crippen LogP) is 4.41. The maximum absolute atomic E-state index is 13.3. The topological polar surface area (TPSA) is 94.2 Å². The summed E-state index contributed by atoms with van der Waals surface area (Å²) in [6.07, 6.45) is 0. The first-order valence-corrected chi connectivity index (χ1v) is 13.4. The van der Waals surface area contributed by atoms with E-state index in [9.17, 15) is 14.4 Å². The summed E-state index contributed by atoms with van der Waals surface area (Å²) in [6, 6.07) is 3.82. The van der Waals surface area contributed by atoms with Crippen LogP contribution in [0.3, 0.4) is 0 Å². The van der Waals surface area contributed by atoms with Gasteiger partial charge in [0.05, 0.1) is 28.3 Å². The number of carbonyl (C=O) groups excluding carboxylic acids is 3. The monoisotopic (exact) mass is 553 g/mol. The fourth-order valence-electron chi connectivity index (χ4n) is 4.72. The fourth-order valence-corrected chi connectivity index (χ4v) is 5.13. The van der Waals surface area contributed by atoms with Gasteiger partial charge in [0.15, 0.2) is 0 Å². The number of carbonyl (C=O) groups is 3. The number of nitrogens with zero attached hydrogens (tertiary/aromatic N) is 3. The van der Waals surface area contributed by atoms with Crippen LogP contribution in [0.15, 0.2) is 29.5 Å². The second kappa shape index (κ2) is 11.9. The summed E-state index contributed by atoms with van der Waals surface area (Å²) in [6.45, 7) is 14.0. The molecule has 1 aromatic carbocycles. The van der Waals surface area contributed by atoms with Crippen LogP contribution in [-0.4, -0.2) is 83.6 Å². The van der Waals surface area contributed by atoms with E-state index in [4.69, 9.17) is 27.9 Å². The largest absolute Gasteiger partial charge is 0.463 e. The maximum Gasteiger partial charge on any atom is 0.338 e. The Morgan fingerprint density at radius 3 is 2.49 bits per heavy atom. The Balaban J connectivity index is 1.97. The highest BCUT2D eigenvalue weighted by atomic mass is 35.5. The summed E-state index contributed by atoms with van der Waals surface area (Å²) < 4.78 is 5.44. The average Bonchev–Trinajstić information content (AvgIpc) is 2.79. The van der Waals surface area contributed by atoms with Crippen LogP contribution in [0.1, 0.15) is 53.1 Å². The molecular formula is C26H37Cl2N5O4. The Hall–Kier alpha value is -2.49. The molecule has 204 valence electrons. The molecule has 11 heteroatoms. The van der Waals surface area contributed by atoms with E-state index >= 15 is 0 Å². The standard InChI is InChI=1S/C26H37Cl2N5O4/c1-7-32-19(15-31-12-13-33(16(3)14-31)25(36)30-26(4,5)6)20(23(34)37-8-2)22(29-24(32)35)17-10-9-11-18(27)21(17)28/h9-11,16,22H,7-8,12-15H2,1-6H3,(H,29,35)(H,30,36)/t16-,22+/m0/s1. The second-order valence-electron chi connectivity index (χ2n) is 10.3. The quantitative estimate of drug-likeness (QED) is 0.509. The minimum atomic E-state index is -0.813. The molecule has 1 aromatic rings. The minimum absolute atomic E-state index is 0.0617. The summed E-state index contributed by atoms with van der Waals surface area (Å²) in [5, 5.41) is 6.54. The van der Waals surface area contributed by atoms with Crippen molar-refractivity contribution in [3.63, 3.8) is 0 Å². The van der Waals surface area contributed by atoms with E-state index < -0.39 is 12.0 Å². The molecule has 1 saturated heterocycles. The van der Waals surface area contributed by atoms with E-state index in [1.165, 1.54) is 0 Å². The Morgan fingerprint density at radius 2 is 1.89 bits per heavy atom. The number of nitrogens with one attached hydrogen (secondary N) is 2. The lowest BCUT2D eigenvalue weighted by Crippen LogP contribution is -2.59. The maximum atomic E-state index is 13.3. The highest BCUT2D eigenvalue weighted by Crippen LogP contribution is 2.38. The van der Waals surface area contributed by atoms with Gasteiger partial charge in [0.25, 0.3) is 0 Å². The minimum Gasteiger partial charge on any atom is -0.463 e. The van der Waals surface area contributed by atoms with Gasteiger partial charge in [-0.05, 0) is 53.2 Å². The van der Waals surface area contributed by atoms with Crippen molar-refractivity contribution < 1.29 is 19.1 Å². The number of rotatable bonds is 6. The van der Waals surface area contributed by atoms with Crippen molar-refractivity contribution in [1.82, 2.24) is 25.3 Å². The molecule has 2 atom stereocenters. The Bertz CT molecular complexity index is 1070. The highest BCUT2D eigenvalue weighted by molar-refractivity contribution is 6.42. The normalized spacial score (nSPS) is 21.1. The van der Waals surface area contributed by atoms with Gasteiger partial charge in [0, 0.05) is 50.0 Å². The number of urea groups is 2. The summed E-state index contributed by atoms with van der Waals surface area (Å²) in [5.41, 5.74) is 1.08. The molecular weight excluding hydrogens is 517 g/mol. The average molecular weight is 555 g/mol. The number of likely N-dealkylation sites (N-methyl/N-ethyl adjacent to an activating group) is 1. The SMILES string of the molecule is CCOC(=O)C1=C(CN2CCN(C(=O)NC(C)(C)C)[C@@H](C)C2)N(CC)C(=O)N[C@@H]1c1cccc(Cl)c1Cl. The van der Waals surface area contributed by atoms with Gasteiger partial charge in [-0.25, -0.2) is 14.4 Å². The zero-order chi connectivity index (χ0) is 27.5. The summed E-state index contributed by atoms with van der Waals surface area (Å²) in [5.74, 6) is -0.520. The number of ether oxygens (including phenoxy) is 1. The number of halogens is 2. The Labute approximate surface area is 229 Å². The second-order valence-corrected chi connectivity index (χ2v) is 11.1.